The molecule has 1 heterocycles. The van der Waals surface area contributed by atoms with Gasteiger partial charge in [-0.05, 0) is 37.3 Å². The highest BCUT2D eigenvalue weighted by molar-refractivity contribution is 5.96. The summed E-state index contributed by atoms with van der Waals surface area (Å²) in [5.41, 5.74) is 1.77. The summed E-state index contributed by atoms with van der Waals surface area (Å²) in [7, 11) is 1.52. The first-order valence-corrected chi connectivity index (χ1v) is 8.66. The van der Waals surface area contributed by atoms with Crippen LogP contribution in [0.4, 0.5) is 0 Å². The molecule has 2 aromatic carbocycles. The van der Waals surface area contributed by atoms with E-state index >= 15 is 0 Å². The molecular formula is C21H20N2O5. The molecule has 0 radical (unpaired) electrons. The number of hydrogen-bond donors (Lipinski definition) is 1. The van der Waals surface area contributed by atoms with Crippen LogP contribution in [-0.2, 0) is 16.1 Å². The van der Waals surface area contributed by atoms with Gasteiger partial charge in [0.2, 0.25) is 5.89 Å². The molecule has 0 saturated heterocycles. The molecule has 0 atom stereocenters. The fraction of sp³-hybridized carbons (Fsp3) is 0.190. The van der Waals surface area contributed by atoms with Crippen molar-refractivity contribution in [2.45, 2.75) is 13.5 Å². The van der Waals surface area contributed by atoms with E-state index in [-0.39, 0.29) is 19.1 Å². The maximum atomic E-state index is 12.1. The van der Waals surface area contributed by atoms with Crippen LogP contribution in [-0.4, -0.2) is 30.5 Å². The first-order valence-electron chi connectivity index (χ1n) is 8.66. The molecule has 0 aliphatic carbocycles. The lowest BCUT2D eigenvalue weighted by Crippen LogP contribution is -2.30. The monoisotopic (exact) mass is 380 g/mol. The second-order valence-electron chi connectivity index (χ2n) is 5.96. The van der Waals surface area contributed by atoms with E-state index in [4.69, 9.17) is 13.9 Å². The van der Waals surface area contributed by atoms with E-state index < -0.39 is 5.97 Å². The lowest BCUT2D eigenvalue weighted by Gasteiger charge is -2.07. The molecule has 1 amide bonds. The third-order valence-electron chi connectivity index (χ3n) is 4.01. The summed E-state index contributed by atoms with van der Waals surface area (Å²) in [6.45, 7) is 1.47. The quantitative estimate of drug-likeness (QED) is 0.633. The lowest BCUT2D eigenvalue weighted by molar-refractivity contribution is -0.143. The van der Waals surface area contributed by atoms with Crippen molar-refractivity contribution in [2.24, 2.45) is 0 Å². The summed E-state index contributed by atoms with van der Waals surface area (Å²) >= 11 is 0. The number of amides is 1. The number of nitrogens with one attached hydrogen (secondary N) is 1. The minimum Gasteiger partial charge on any atom is -0.497 e. The summed E-state index contributed by atoms with van der Waals surface area (Å²) in [4.78, 5) is 28.4. The third kappa shape index (κ3) is 4.76. The topological polar surface area (TPSA) is 90.7 Å². The second-order valence-corrected chi connectivity index (χ2v) is 5.96. The maximum absolute atomic E-state index is 12.1. The largest absolute Gasteiger partial charge is 0.497 e. The van der Waals surface area contributed by atoms with Crippen molar-refractivity contribution in [3.05, 3.63) is 71.6 Å². The number of hydrogen-bond acceptors (Lipinski definition) is 6. The van der Waals surface area contributed by atoms with Crippen molar-refractivity contribution < 1.29 is 23.5 Å². The van der Waals surface area contributed by atoms with Gasteiger partial charge in [0.15, 0.2) is 0 Å². The van der Waals surface area contributed by atoms with Crippen LogP contribution in [0, 0.1) is 6.92 Å². The van der Waals surface area contributed by atoms with Gasteiger partial charge in [-0.1, -0.05) is 24.3 Å². The summed E-state index contributed by atoms with van der Waals surface area (Å²) in [5.74, 6) is 0.647. The maximum Gasteiger partial charge on any atom is 0.325 e. The Morgan fingerprint density at radius 1 is 1.11 bits per heavy atom. The molecule has 0 spiro atoms. The van der Waals surface area contributed by atoms with Gasteiger partial charge in [-0.25, -0.2) is 4.98 Å². The second kappa shape index (κ2) is 8.85. The van der Waals surface area contributed by atoms with Crippen LogP contribution >= 0.6 is 0 Å². The Hall–Kier alpha value is -3.61. The average molecular weight is 380 g/mol. The highest BCUT2D eigenvalue weighted by Gasteiger charge is 2.14. The van der Waals surface area contributed by atoms with Crippen molar-refractivity contribution >= 4 is 11.9 Å². The van der Waals surface area contributed by atoms with Crippen LogP contribution in [0.25, 0.3) is 11.5 Å². The summed E-state index contributed by atoms with van der Waals surface area (Å²) in [6.07, 6.45) is 0. The van der Waals surface area contributed by atoms with Gasteiger partial charge in [0.25, 0.3) is 5.91 Å². The fourth-order valence-electron chi connectivity index (χ4n) is 2.48. The van der Waals surface area contributed by atoms with Gasteiger partial charge in [-0.2, -0.15) is 0 Å². The predicted octanol–water partition coefficient (Wildman–Crippen LogP) is 3.13. The number of benzene rings is 2. The van der Waals surface area contributed by atoms with Gasteiger partial charge < -0.3 is 19.2 Å². The van der Waals surface area contributed by atoms with Crippen LogP contribution in [0.15, 0.2) is 59.0 Å². The number of nitrogens with zero attached hydrogens (tertiary/aromatic N) is 1. The number of ether oxygens (including phenoxy) is 2. The zero-order chi connectivity index (χ0) is 19.9. The van der Waals surface area contributed by atoms with E-state index in [2.05, 4.69) is 10.3 Å². The van der Waals surface area contributed by atoms with Gasteiger partial charge in [0.1, 0.15) is 30.4 Å². The molecule has 7 nitrogen and oxygen atoms in total. The number of aromatic nitrogens is 1. The minimum absolute atomic E-state index is 0.0317. The van der Waals surface area contributed by atoms with Crippen molar-refractivity contribution in [1.82, 2.24) is 10.3 Å². The number of aryl methyl sites for hydroxylation is 1. The molecule has 0 bridgehead atoms. The molecule has 7 heteroatoms. The Morgan fingerprint density at radius 3 is 2.64 bits per heavy atom. The first-order chi connectivity index (χ1) is 13.6. The van der Waals surface area contributed by atoms with Gasteiger partial charge in [0, 0.05) is 11.1 Å². The SMILES string of the molecule is COc1cccc(C(=O)NCC(=O)OCc2nc(-c3ccccc3)oc2C)c1. The zero-order valence-electron chi connectivity index (χ0n) is 15.6. The van der Waals surface area contributed by atoms with E-state index in [9.17, 15) is 9.59 Å². The van der Waals surface area contributed by atoms with Gasteiger partial charge in [0.05, 0.1) is 7.11 Å². The molecule has 28 heavy (non-hydrogen) atoms. The highest BCUT2D eigenvalue weighted by Crippen LogP contribution is 2.21. The van der Waals surface area contributed by atoms with Gasteiger partial charge >= 0.3 is 5.97 Å². The van der Waals surface area contributed by atoms with E-state index in [1.165, 1.54) is 7.11 Å². The molecule has 0 fully saturated rings. The van der Waals surface area contributed by atoms with Crippen molar-refractivity contribution in [3.63, 3.8) is 0 Å². The number of rotatable bonds is 7. The lowest BCUT2D eigenvalue weighted by atomic mass is 10.2. The van der Waals surface area contributed by atoms with Gasteiger partial charge in [-0.15, -0.1) is 0 Å². The Labute approximate surface area is 162 Å². The van der Waals surface area contributed by atoms with Crippen LogP contribution in [0.2, 0.25) is 0 Å². The first kappa shape index (κ1) is 19.2. The number of carbonyl (C=O) groups is 2. The Kier molecular flexibility index (Phi) is 6.06. The summed E-state index contributed by atoms with van der Waals surface area (Å²) < 4.78 is 15.9. The molecule has 0 aliphatic heterocycles. The van der Waals surface area contributed by atoms with Crippen LogP contribution in [0.1, 0.15) is 21.8 Å². The number of carbonyl (C=O) groups excluding carboxylic acids is 2. The zero-order valence-corrected chi connectivity index (χ0v) is 15.6. The standard InChI is InChI=1S/C21H20N2O5/c1-14-18(23-21(28-14)15-7-4-3-5-8-15)13-27-19(24)12-22-20(25)16-9-6-10-17(11-16)26-2/h3-11H,12-13H2,1-2H3,(H,22,25). The molecular weight excluding hydrogens is 360 g/mol. The molecule has 3 aromatic rings. The third-order valence-corrected chi connectivity index (χ3v) is 4.01. The highest BCUT2D eigenvalue weighted by atomic mass is 16.5. The number of esters is 1. The molecule has 0 unspecified atom stereocenters. The Bertz CT molecular complexity index is 966. The van der Waals surface area contributed by atoms with Crippen molar-refractivity contribution in [1.29, 1.82) is 0 Å². The smallest absolute Gasteiger partial charge is 0.325 e. The van der Waals surface area contributed by atoms with E-state index in [0.717, 1.165) is 5.56 Å². The van der Waals surface area contributed by atoms with Crippen LogP contribution < -0.4 is 10.1 Å². The molecule has 1 N–H and O–H groups in total. The fourth-order valence-corrected chi connectivity index (χ4v) is 2.48. The average Bonchev–Trinajstić information content (AvgIpc) is 3.11. The molecule has 0 saturated carbocycles. The van der Waals surface area contributed by atoms with Gasteiger partial charge in [-0.3, -0.25) is 9.59 Å². The minimum atomic E-state index is -0.570. The van der Waals surface area contributed by atoms with Crippen molar-refractivity contribution in [2.75, 3.05) is 13.7 Å². The molecule has 3 rings (SSSR count). The summed E-state index contributed by atoms with van der Waals surface area (Å²) in [5, 5.41) is 2.52. The van der Waals surface area contributed by atoms with E-state index in [0.29, 0.717) is 28.7 Å². The number of oxazole rings is 1. The molecule has 0 aliphatic rings. The molecule has 144 valence electrons. The van der Waals surface area contributed by atoms with E-state index in [1.807, 2.05) is 30.3 Å². The van der Waals surface area contributed by atoms with Crippen LogP contribution in [0.3, 0.4) is 0 Å². The van der Waals surface area contributed by atoms with E-state index in [1.54, 1.807) is 31.2 Å². The summed E-state index contributed by atoms with van der Waals surface area (Å²) in [6, 6.07) is 16.1. The Balaban J connectivity index is 1.52. The predicted molar refractivity (Wildman–Crippen MR) is 102 cm³/mol. The van der Waals surface area contributed by atoms with Crippen LogP contribution in [0.5, 0.6) is 5.75 Å². The van der Waals surface area contributed by atoms with Crippen molar-refractivity contribution in [3.8, 4) is 17.2 Å². The normalized spacial score (nSPS) is 10.4. The molecule has 1 aromatic heterocycles. The Morgan fingerprint density at radius 2 is 1.89 bits per heavy atom. The number of methoxy groups -OCH3 is 1.